The van der Waals surface area contributed by atoms with E-state index in [1.54, 1.807) is 6.92 Å². The summed E-state index contributed by atoms with van der Waals surface area (Å²) in [6.45, 7) is 2.41. The van der Waals surface area contributed by atoms with Crippen molar-refractivity contribution in [1.82, 2.24) is 0 Å². The van der Waals surface area contributed by atoms with Crippen LogP contribution in [0.4, 0.5) is 16.2 Å². The molecule has 0 radical (unpaired) electrons. The van der Waals surface area contributed by atoms with Crippen LogP contribution in [-0.4, -0.2) is 41.2 Å². The molecule has 1 aromatic rings. The van der Waals surface area contributed by atoms with Crippen LogP contribution in [0.2, 0.25) is 0 Å². The first-order valence-corrected chi connectivity index (χ1v) is 5.43. The van der Waals surface area contributed by atoms with E-state index in [0.717, 1.165) is 0 Å². The quantitative estimate of drug-likeness (QED) is 0.490. The number of aromatic hydroxyl groups is 1. The van der Waals surface area contributed by atoms with Crippen LogP contribution < -0.4 is 15.4 Å². The van der Waals surface area contributed by atoms with E-state index in [1.807, 2.05) is 0 Å². The molecular formula is C11H16N2O5. The lowest BCUT2D eigenvalue weighted by Crippen LogP contribution is -2.10. The fourth-order valence-electron chi connectivity index (χ4n) is 1.39. The average molecular weight is 256 g/mol. The van der Waals surface area contributed by atoms with Crippen molar-refractivity contribution >= 4 is 17.5 Å². The molecule has 1 amide bonds. The molecule has 0 aliphatic carbocycles. The van der Waals surface area contributed by atoms with Crippen molar-refractivity contribution in [3.8, 4) is 11.5 Å². The zero-order chi connectivity index (χ0) is 13.5. The molecular weight excluding hydrogens is 240 g/mol. The predicted octanol–water partition coefficient (Wildman–Crippen LogP) is 1.28. The molecule has 5 N–H and O–H groups in total. The summed E-state index contributed by atoms with van der Waals surface area (Å²) >= 11 is 0. The van der Waals surface area contributed by atoms with Crippen molar-refractivity contribution in [1.29, 1.82) is 0 Å². The first-order valence-electron chi connectivity index (χ1n) is 5.43. The van der Waals surface area contributed by atoms with Crippen molar-refractivity contribution in [3.05, 3.63) is 12.1 Å². The Morgan fingerprint density at radius 2 is 2.11 bits per heavy atom. The second kappa shape index (κ2) is 6.55. The van der Waals surface area contributed by atoms with Crippen LogP contribution in [0.5, 0.6) is 11.5 Å². The van der Waals surface area contributed by atoms with Crippen molar-refractivity contribution in [2.24, 2.45) is 0 Å². The summed E-state index contributed by atoms with van der Waals surface area (Å²) in [5.41, 5.74) is 0.528. The lowest BCUT2D eigenvalue weighted by Gasteiger charge is -2.14. The lowest BCUT2D eigenvalue weighted by atomic mass is 10.2. The minimum absolute atomic E-state index is 0.0421. The van der Waals surface area contributed by atoms with Crippen molar-refractivity contribution in [2.45, 2.75) is 6.92 Å². The SMILES string of the molecule is CCOc1cc(NC(=O)O)c(O)cc1NCCO. The second-order valence-corrected chi connectivity index (χ2v) is 3.38. The van der Waals surface area contributed by atoms with Crippen molar-refractivity contribution in [2.75, 3.05) is 30.4 Å². The lowest BCUT2D eigenvalue weighted by molar-refractivity contribution is 0.209. The minimum Gasteiger partial charge on any atom is -0.506 e. The molecule has 0 saturated carbocycles. The Labute approximate surface area is 104 Å². The summed E-state index contributed by atoms with van der Waals surface area (Å²) < 4.78 is 5.32. The Kier molecular flexibility index (Phi) is 5.06. The van der Waals surface area contributed by atoms with Crippen LogP contribution in [0.25, 0.3) is 0 Å². The molecule has 0 fully saturated rings. The van der Waals surface area contributed by atoms with Gasteiger partial charge in [-0.3, -0.25) is 5.32 Å². The first kappa shape index (κ1) is 13.9. The number of hydrogen-bond acceptors (Lipinski definition) is 5. The minimum atomic E-state index is -1.27. The third kappa shape index (κ3) is 3.70. The largest absolute Gasteiger partial charge is 0.506 e. The highest BCUT2D eigenvalue weighted by Crippen LogP contribution is 2.35. The normalized spacial score (nSPS) is 9.89. The molecule has 18 heavy (non-hydrogen) atoms. The summed E-state index contributed by atoms with van der Waals surface area (Å²) in [7, 11) is 0. The van der Waals surface area contributed by atoms with Gasteiger partial charge in [-0.1, -0.05) is 0 Å². The molecule has 0 atom stereocenters. The van der Waals surface area contributed by atoms with Crippen LogP contribution in [-0.2, 0) is 0 Å². The van der Waals surface area contributed by atoms with Crippen molar-refractivity contribution < 1.29 is 24.9 Å². The number of anilines is 2. The monoisotopic (exact) mass is 256 g/mol. The third-order valence-corrected chi connectivity index (χ3v) is 2.07. The van der Waals surface area contributed by atoms with Gasteiger partial charge in [0.25, 0.3) is 0 Å². The zero-order valence-electron chi connectivity index (χ0n) is 9.93. The highest BCUT2D eigenvalue weighted by Gasteiger charge is 2.11. The molecule has 1 aromatic carbocycles. The predicted molar refractivity (Wildman–Crippen MR) is 66.5 cm³/mol. The summed E-state index contributed by atoms with van der Waals surface area (Å²) in [5.74, 6) is 0.175. The maximum absolute atomic E-state index is 10.5. The standard InChI is InChI=1S/C11H16N2O5/c1-2-18-10-6-7(13-11(16)17)9(15)5-8(10)12-3-4-14/h5-6,12-15H,2-4H2,1H3,(H,16,17). The Balaban J connectivity index is 3.03. The highest BCUT2D eigenvalue weighted by molar-refractivity contribution is 5.87. The second-order valence-electron chi connectivity index (χ2n) is 3.38. The summed E-state index contributed by atoms with van der Waals surface area (Å²) in [6, 6.07) is 2.72. The van der Waals surface area contributed by atoms with E-state index in [4.69, 9.17) is 14.9 Å². The van der Waals surface area contributed by atoms with Crippen molar-refractivity contribution in [3.63, 3.8) is 0 Å². The topological polar surface area (TPSA) is 111 Å². The molecule has 0 bridgehead atoms. The van der Waals surface area contributed by atoms with Gasteiger partial charge in [0, 0.05) is 18.7 Å². The summed E-state index contributed by atoms with van der Waals surface area (Å²) in [6.07, 6.45) is -1.27. The van der Waals surface area contributed by atoms with E-state index in [2.05, 4.69) is 10.6 Å². The van der Waals surface area contributed by atoms with Gasteiger partial charge < -0.3 is 25.4 Å². The number of aliphatic hydroxyl groups is 1. The summed E-state index contributed by atoms with van der Waals surface area (Å²) in [4.78, 5) is 10.5. The molecule has 0 unspecified atom stereocenters. The smallest absolute Gasteiger partial charge is 0.409 e. The van der Waals surface area contributed by atoms with E-state index in [0.29, 0.717) is 24.6 Å². The van der Waals surface area contributed by atoms with Crippen LogP contribution in [0.1, 0.15) is 6.92 Å². The fraction of sp³-hybridized carbons (Fsp3) is 0.364. The van der Waals surface area contributed by atoms with Gasteiger partial charge in [-0.2, -0.15) is 0 Å². The Hall–Kier alpha value is -2.15. The van der Waals surface area contributed by atoms with Crippen LogP contribution in [0.3, 0.4) is 0 Å². The van der Waals surface area contributed by atoms with E-state index in [1.165, 1.54) is 12.1 Å². The van der Waals surface area contributed by atoms with Gasteiger partial charge in [0.15, 0.2) is 0 Å². The number of carbonyl (C=O) groups is 1. The van der Waals surface area contributed by atoms with Gasteiger partial charge in [-0.15, -0.1) is 0 Å². The molecule has 0 aromatic heterocycles. The fourth-order valence-corrected chi connectivity index (χ4v) is 1.39. The van der Waals surface area contributed by atoms with Gasteiger partial charge in [-0.25, -0.2) is 4.79 Å². The van der Waals surface area contributed by atoms with Gasteiger partial charge in [0.2, 0.25) is 0 Å². The molecule has 0 saturated heterocycles. The van der Waals surface area contributed by atoms with Gasteiger partial charge >= 0.3 is 6.09 Å². The van der Waals surface area contributed by atoms with Crippen LogP contribution in [0, 0.1) is 0 Å². The Bertz CT molecular complexity index is 422. The molecule has 7 heteroatoms. The van der Waals surface area contributed by atoms with Crippen LogP contribution in [0.15, 0.2) is 12.1 Å². The molecule has 7 nitrogen and oxygen atoms in total. The van der Waals surface area contributed by atoms with E-state index < -0.39 is 6.09 Å². The maximum atomic E-state index is 10.5. The number of aliphatic hydroxyl groups excluding tert-OH is 1. The Morgan fingerprint density at radius 1 is 1.39 bits per heavy atom. The number of hydrogen-bond donors (Lipinski definition) is 5. The number of amides is 1. The molecule has 100 valence electrons. The number of ether oxygens (including phenoxy) is 1. The van der Waals surface area contributed by atoms with E-state index in [9.17, 15) is 9.90 Å². The van der Waals surface area contributed by atoms with Gasteiger partial charge in [-0.05, 0) is 6.92 Å². The molecule has 0 aliphatic heterocycles. The molecule has 1 rings (SSSR count). The first-order chi connectivity index (χ1) is 8.58. The zero-order valence-corrected chi connectivity index (χ0v) is 9.93. The number of phenolic OH excluding ortho intramolecular Hbond substituents is 1. The van der Waals surface area contributed by atoms with E-state index in [-0.39, 0.29) is 18.0 Å². The maximum Gasteiger partial charge on any atom is 0.409 e. The number of benzene rings is 1. The number of rotatable bonds is 6. The Morgan fingerprint density at radius 3 is 2.67 bits per heavy atom. The third-order valence-electron chi connectivity index (χ3n) is 2.07. The van der Waals surface area contributed by atoms with E-state index >= 15 is 0 Å². The average Bonchev–Trinajstić information content (AvgIpc) is 2.31. The number of nitrogens with one attached hydrogen (secondary N) is 2. The van der Waals surface area contributed by atoms with Crippen LogP contribution >= 0.6 is 0 Å². The molecule has 0 heterocycles. The van der Waals surface area contributed by atoms with Gasteiger partial charge in [0.1, 0.15) is 11.5 Å². The number of phenols is 1. The summed E-state index contributed by atoms with van der Waals surface area (Å²) in [5, 5.41) is 31.9. The molecule has 0 spiro atoms. The highest BCUT2D eigenvalue weighted by atomic mass is 16.5. The van der Waals surface area contributed by atoms with Gasteiger partial charge in [0.05, 0.1) is 24.6 Å². The number of carboxylic acid groups (broad SMARTS) is 1. The molecule has 0 aliphatic rings.